The van der Waals surface area contributed by atoms with Gasteiger partial charge < -0.3 is 14.9 Å². The highest BCUT2D eigenvalue weighted by molar-refractivity contribution is 4.93. The Labute approximate surface area is 89.9 Å². The predicted octanol–water partition coefficient (Wildman–Crippen LogP) is -2.01. The van der Waals surface area contributed by atoms with Crippen molar-refractivity contribution < 1.29 is 14.9 Å². The van der Waals surface area contributed by atoms with E-state index in [1.165, 1.54) is 6.20 Å². The van der Waals surface area contributed by atoms with Crippen molar-refractivity contribution in [1.82, 2.24) is 9.55 Å². The number of aromatic amines is 1. The number of nitrogens with zero attached hydrogens (tertiary/aromatic N) is 1. The first-order valence-corrected chi connectivity index (χ1v) is 4.67. The molecule has 4 atom stereocenters. The van der Waals surface area contributed by atoms with E-state index >= 15 is 0 Å². The SMILES string of the molecule is [CH2]C1O[C@@H](n2ccc(=O)[nH]c2=O)[C@H](O)C1O. The molecule has 1 aliphatic rings. The summed E-state index contributed by atoms with van der Waals surface area (Å²) in [4.78, 5) is 24.3. The van der Waals surface area contributed by atoms with Gasteiger partial charge in [0, 0.05) is 12.3 Å². The van der Waals surface area contributed by atoms with Gasteiger partial charge in [-0.15, -0.1) is 0 Å². The molecular formula is C9H11N2O5. The molecule has 0 saturated carbocycles. The van der Waals surface area contributed by atoms with Gasteiger partial charge in [0.05, 0.1) is 6.10 Å². The van der Waals surface area contributed by atoms with Gasteiger partial charge in [0.25, 0.3) is 5.56 Å². The molecule has 7 heteroatoms. The van der Waals surface area contributed by atoms with Crippen molar-refractivity contribution in [2.45, 2.75) is 24.5 Å². The van der Waals surface area contributed by atoms with E-state index in [-0.39, 0.29) is 0 Å². The molecule has 2 heterocycles. The molecule has 1 aromatic heterocycles. The summed E-state index contributed by atoms with van der Waals surface area (Å²) in [6, 6.07) is 1.13. The molecule has 0 amide bonds. The van der Waals surface area contributed by atoms with Crippen molar-refractivity contribution in [2.75, 3.05) is 0 Å². The Kier molecular flexibility index (Phi) is 2.66. The Hall–Kier alpha value is -1.44. The molecule has 16 heavy (non-hydrogen) atoms. The summed E-state index contributed by atoms with van der Waals surface area (Å²) in [5.41, 5.74) is -1.25. The normalized spacial score (nSPS) is 34.2. The Balaban J connectivity index is 2.39. The molecule has 0 bridgehead atoms. The third-order valence-electron chi connectivity index (χ3n) is 2.46. The van der Waals surface area contributed by atoms with Crippen molar-refractivity contribution in [1.29, 1.82) is 0 Å². The minimum atomic E-state index is -1.26. The number of hydrogen-bond acceptors (Lipinski definition) is 5. The van der Waals surface area contributed by atoms with E-state index < -0.39 is 35.8 Å². The van der Waals surface area contributed by atoms with Crippen LogP contribution in [0.15, 0.2) is 21.9 Å². The highest BCUT2D eigenvalue weighted by atomic mass is 16.6. The first-order chi connectivity index (χ1) is 7.50. The summed E-state index contributed by atoms with van der Waals surface area (Å²) in [6.45, 7) is 3.47. The molecule has 1 radical (unpaired) electrons. The van der Waals surface area contributed by atoms with Gasteiger partial charge in [-0.05, 0) is 6.92 Å². The summed E-state index contributed by atoms with van der Waals surface area (Å²) in [7, 11) is 0. The van der Waals surface area contributed by atoms with Crippen molar-refractivity contribution in [3.05, 3.63) is 40.0 Å². The van der Waals surface area contributed by atoms with Crippen LogP contribution in [0.2, 0.25) is 0 Å². The summed E-state index contributed by atoms with van der Waals surface area (Å²) in [5, 5.41) is 19.0. The second-order valence-electron chi connectivity index (χ2n) is 3.56. The van der Waals surface area contributed by atoms with Gasteiger partial charge in [-0.3, -0.25) is 14.3 Å². The Morgan fingerprint density at radius 3 is 2.56 bits per heavy atom. The summed E-state index contributed by atoms with van der Waals surface area (Å²) >= 11 is 0. The average molecular weight is 227 g/mol. The standard InChI is InChI=1S/C9H11N2O5/c1-4-6(13)7(14)8(16-4)11-3-2-5(12)10-9(11)15/h2-4,6-8,13-14H,1H2,(H,10,12,15)/t4?,6?,7-,8-/m1/s1. The topological polar surface area (TPSA) is 105 Å². The van der Waals surface area contributed by atoms with E-state index in [4.69, 9.17) is 4.74 Å². The van der Waals surface area contributed by atoms with Gasteiger partial charge >= 0.3 is 5.69 Å². The Morgan fingerprint density at radius 2 is 2.06 bits per heavy atom. The smallest absolute Gasteiger partial charge is 0.330 e. The molecule has 0 aromatic carbocycles. The minimum Gasteiger partial charge on any atom is -0.388 e. The van der Waals surface area contributed by atoms with Crippen LogP contribution in [0.1, 0.15) is 6.23 Å². The third-order valence-corrected chi connectivity index (χ3v) is 2.46. The molecule has 1 aromatic rings. The number of hydrogen-bond donors (Lipinski definition) is 3. The average Bonchev–Trinajstić information content (AvgIpc) is 2.46. The van der Waals surface area contributed by atoms with Crippen LogP contribution in [-0.4, -0.2) is 38.1 Å². The lowest BCUT2D eigenvalue weighted by Gasteiger charge is -2.16. The maximum absolute atomic E-state index is 11.4. The third kappa shape index (κ3) is 1.69. The molecule has 0 spiro atoms. The monoisotopic (exact) mass is 227 g/mol. The van der Waals surface area contributed by atoms with E-state index in [1.807, 2.05) is 4.98 Å². The molecule has 2 rings (SSSR count). The van der Waals surface area contributed by atoms with Crippen LogP contribution in [0.4, 0.5) is 0 Å². The second kappa shape index (κ2) is 3.85. The lowest BCUT2D eigenvalue weighted by Crippen LogP contribution is -2.37. The minimum absolute atomic E-state index is 0.541. The maximum Gasteiger partial charge on any atom is 0.330 e. The zero-order chi connectivity index (χ0) is 11.9. The number of H-pyrrole nitrogens is 1. The van der Waals surface area contributed by atoms with Crippen molar-refractivity contribution in [3.8, 4) is 0 Å². The molecular weight excluding hydrogens is 216 g/mol. The summed E-state index contributed by atoms with van der Waals surface area (Å²) < 4.78 is 6.12. The fraction of sp³-hybridized carbons (Fsp3) is 0.444. The first-order valence-electron chi connectivity index (χ1n) is 4.67. The van der Waals surface area contributed by atoms with E-state index in [0.717, 1.165) is 10.6 Å². The highest BCUT2D eigenvalue weighted by Gasteiger charge is 2.41. The number of aromatic nitrogens is 2. The zero-order valence-corrected chi connectivity index (χ0v) is 8.24. The molecule has 1 aliphatic heterocycles. The quantitative estimate of drug-likeness (QED) is 0.514. The van der Waals surface area contributed by atoms with E-state index in [9.17, 15) is 19.8 Å². The molecule has 3 N–H and O–H groups in total. The van der Waals surface area contributed by atoms with Crippen LogP contribution in [-0.2, 0) is 4.74 Å². The molecule has 1 saturated heterocycles. The van der Waals surface area contributed by atoms with Crippen molar-refractivity contribution in [2.24, 2.45) is 0 Å². The van der Waals surface area contributed by atoms with Gasteiger partial charge in [0.1, 0.15) is 12.2 Å². The number of nitrogens with one attached hydrogen (secondary N) is 1. The van der Waals surface area contributed by atoms with Gasteiger partial charge in [0.2, 0.25) is 0 Å². The number of aliphatic hydroxyl groups excluding tert-OH is 2. The van der Waals surface area contributed by atoms with E-state index in [2.05, 4.69) is 6.92 Å². The molecule has 1 fully saturated rings. The van der Waals surface area contributed by atoms with Crippen LogP contribution < -0.4 is 11.2 Å². The van der Waals surface area contributed by atoms with Crippen LogP contribution in [0, 0.1) is 6.92 Å². The maximum atomic E-state index is 11.4. The molecule has 0 aliphatic carbocycles. The molecule has 2 unspecified atom stereocenters. The van der Waals surface area contributed by atoms with Crippen LogP contribution in [0.3, 0.4) is 0 Å². The van der Waals surface area contributed by atoms with Crippen LogP contribution in [0.25, 0.3) is 0 Å². The highest BCUT2D eigenvalue weighted by Crippen LogP contribution is 2.27. The fourth-order valence-corrected chi connectivity index (χ4v) is 1.59. The van der Waals surface area contributed by atoms with Crippen LogP contribution >= 0.6 is 0 Å². The Morgan fingerprint density at radius 1 is 1.38 bits per heavy atom. The lowest BCUT2D eigenvalue weighted by molar-refractivity contribution is -0.0301. The fourth-order valence-electron chi connectivity index (χ4n) is 1.59. The van der Waals surface area contributed by atoms with Gasteiger partial charge in [-0.25, -0.2) is 4.79 Å². The number of rotatable bonds is 1. The van der Waals surface area contributed by atoms with Crippen molar-refractivity contribution >= 4 is 0 Å². The summed E-state index contributed by atoms with van der Waals surface area (Å²) in [5.74, 6) is 0. The Bertz CT molecular complexity index is 493. The molecule has 87 valence electrons. The first kappa shape index (κ1) is 11.1. The van der Waals surface area contributed by atoms with E-state index in [1.54, 1.807) is 0 Å². The lowest BCUT2D eigenvalue weighted by atomic mass is 10.1. The number of aliphatic hydroxyl groups is 2. The molecule has 7 nitrogen and oxygen atoms in total. The van der Waals surface area contributed by atoms with Gasteiger partial charge in [-0.1, -0.05) is 0 Å². The summed E-state index contributed by atoms with van der Waals surface area (Å²) in [6.07, 6.45) is -3.09. The van der Waals surface area contributed by atoms with Crippen molar-refractivity contribution in [3.63, 3.8) is 0 Å². The van der Waals surface area contributed by atoms with Crippen LogP contribution in [0.5, 0.6) is 0 Å². The second-order valence-corrected chi connectivity index (χ2v) is 3.56. The largest absolute Gasteiger partial charge is 0.388 e. The van der Waals surface area contributed by atoms with Gasteiger partial charge in [-0.2, -0.15) is 0 Å². The predicted molar refractivity (Wildman–Crippen MR) is 52.6 cm³/mol. The number of ether oxygens (including phenoxy) is 1. The van der Waals surface area contributed by atoms with E-state index in [0.29, 0.717) is 0 Å². The van der Waals surface area contributed by atoms with Gasteiger partial charge in [0.15, 0.2) is 6.23 Å². The zero-order valence-electron chi connectivity index (χ0n) is 8.24.